The van der Waals surface area contributed by atoms with Gasteiger partial charge in [0.2, 0.25) is 0 Å². The minimum Gasteiger partial charge on any atom is -0.478 e. The van der Waals surface area contributed by atoms with Gasteiger partial charge in [0.1, 0.15) is 5.75 Å². The Morgan fingerprint density at radius 1 is 1.39 bits per heavy atom. The van der Waals surface area contributed by atoms with Gasteiger partial charge in [-0.1, -0.05) is 11.6 Å². The van der Waals surface area contributed by atoms with Gasteiger partial charge in [0.25, 0.3) is 5.91 Å². The highest BCUT2D eigenvalue weighted by Crippen LogP contribution is 2.20. The van der Waals surface area contributed by atoms with Gasteiger partial charge in [-0.05, 0) is 50.3 Å². The summed E-state index contributed by atoms with van der Waals surface area (Å²) < 4.78 is 5.66. The third-order valence-corrected chi connectivity index (χ3v) is 2.92. The van der Waals surface area contributed by atoms with Crippen molar-refractivity contribution in [2.75, 3.05) is 12.3 Å². The second kappa shape index (κ2) is 6.90. The second-order valence-electron chi connectivity index (χ2n) is 4.40. The zero-order chi connectivity index (χ0) is 13.6. The summed E-state index contributed by atoms with van der Waals surface area (Å²) in [5, 5.41) is 3.45. The van der Waals surface area contributed by atoms with Crippen molar-refractivity contribution < 1.29 is 9.53 Å². The number of thiol groups is 1. The van der Waals surface area contributed by atoms with Gasteiger partial charge in [0.05, 0.1) is 0 Å². The Hall–Kier alpha value is -0.870. The number of hydrogen-bond donors (Lipinski definition) is 2. The molecular formula is C13H18ClNO2S. The quantitative estimate of drug-likeness (QED) is 0.624. The fourth-order valence-corrected chi connectivity index (χ4v) is 1.62. The van der Waals surface area contributed by atoms with Crippen molar-refractivity contribution in [1.82, 2.24) is 5.32 Å². The first kappa shape index (κ1) is 15.2. The van der Waals surface area contributed by atoms with E-state index in [1.54, 1.807) is 38.1 Å². The predicted octanol–water partition coefficient (Wildman–Crippen LogP) is 2.93. The SMILES string of the molecule is CC(C)(Oc1ccc(Cl)cc1)C(=O)NCCCS. The lowest BCUT2D eigenvalue weighted by molar-refractivity contribution is -0.134. The molecule has 1 aromatic rings. The fourth-order valence-electron chi connectivity index (χ4n) is 1.34. The molecule has 0 heterocycles. The van der Waals surface area contributed by atoms with Crippen molar-refractivity contribution in [1.29, 1.82) is 0 Å². The molecule has 18 heavy (non-hydrogen) atoms. The Balaban J connectivity index is 2.57. The van der Waals surface area contributed by atoms with Gasteiger partial charge < -0.3 is 10.1 Å². The van der Waals surface area contributed by atoms with Gasteiger partial charge in [0, 0.05) is 11.6 Å². The summed E-state index contributed by atoms with van der Waals surface area (Å²) >= 11 is 9.88. The lowest BCUT2D eigenvalue weighted by Crippen LogP contribution is -2.46. The number of benzene rings is 1. The first-order valence-electron chi connectivity index (χ1n) is 5.79. The molecule has 1 aromatic carbocycles. The lowest BCUT2D eigenvalue weighted by atomic mass is 10.1. The molecule has 3 nitrogen and oxygen atoms in total. The Morgan fingerprint density at radius 2 is 2.00 bits per heavy atom. The molecule has 0 bridgehead atoms. The van der Waals surface area contributed by atoms with E-state index in [0.717, 1.165) is 12.2 Å². The van der Waals surface area contributed by atoms with Crippen LogP contribution in [0.2, 0.25) is 5.02 Å². The van der Waals surface area contributed by atoms with Crippen LogP contribution in [0.3, 0.4) is 0 Å². The van der Waals surface area contributed by atoms with Gasteiger partial charge in [-0.3, -0.25) is 4.79 Å². The van der Waals surface area contributed by atoms with Gasteiger partial charge in [-0.25, -0.2) is 0 Å². The highest BCUT2D eigenvalue weighted by Gasteiger charge is 2.29. The van der Waals surface area contributed by atoms with Crippen molar-refractivity contribution in [3.05, 3.63) is 29.3 Å². The van der Waals surface area contributed by atoms with E-state index in [1.807, 2.05) is 0 Å². The molecule has 1 rings (SSSR count). The fraction of sp³-hybridized carbons (Fsp3) is 0.462. The molecule has 0 aliphatic carbocycles. The van der Waals surface area contributed by atoms with E-state index in [-0.39, 0.29) is 5.91 Å². The average molecular weight is 288 g/mol. The van der Waals surface area contributed by atoms with E-state index in [0.29, 0.717) is 17.3 Å². The Labute approximate surface area is 118 Å². The van der Waals surface area contributed by atoms with E-state index in [1.165, 1.54) is 0 Å². The molecule has 0 atom stereocenters. The molecular weight excluding hydrogens is 270 g/mol. The van der Waals surface area contributed by atoms with E-state index in [4.69, 9.17) is 16.3 Å². The second-order valence-corrected chi connectivity index (χ2v) is 5.28. The Morgan fingerprint density at radius 3 is 2.56 bits per heavy atom. The largest absolute Gasteiger partial charge is 0.478 e. The maximum atomic E-state index is 11.9. The molecule has 0 saturated heterocycles. The molecule has 1 amide bonds. The summed E-state index contributed by atoms with van der Waals surface area (Å²) in [5.74, 6) is 1.23. The molecule has 0 aliphatic heterocycles. The molecule has 0 saturated carbocycles. The molecule has 0 aromatic heterocycles. The highest BCUT2D eigenvalue weighted by atomic mass is 35.5. The van der Waals surface area contributed by atoms with Gasteiger partial charge >= 0.3 is 0 Å². The molecule has 5 heteroatoms. The van der Waals surface area contributed by atoms with Crippen LogP contribution in [0.5, 0.6) is 5.75 Å². The van der Waals surface area contributed by atoms with Crippen molar-refractivity contribution in [2.45, 2.75) is 25.9 Å². The van der Waals surface area contributed by atoms with Gasteiger partial charge in [-0.15, -0.1) is 0 Å². The molecule has 0 spiro atoms. The van der Waals surface area contributed by atoms with Crippen molar-refractivity contribution in [2.24, 2.45) is 0 Å². The average Bonchev–Trinajstić information content (AvgIpc) is 2.32. The topological polar surface area (TPSA) is 38.3 Å². The van der Waals surface area contributed by atoms with Gasteiger partial charge in [0.15, 0.2) is 5.60 Å². The number of ether oxygens (including phenoxy) is 1. The monoisotopic (exact) mass is 287 g/mol. The molecule has 0 aliphatic rings. The van der Waals surface area contributed by atoms with Crippen molar-refractivity contribution in [3.8, 4) is 5.75 Å². The predicted molar refractivity (Wildman–Crippen MR) is 77.6 cm³/mol. The normalized spacial score (nSPS) is 11.1. The van der Waals surface area contributed by atoms with Crippen LogP contribution in [-0.2, 0) is 4.79 Å². The zero-order valence-corrected chi connectivity index (χ0v) is 12.2. The van der Waals surface area contributed by atoms with E-state index in [2.05, 4.69) is 17.9 Å². The van der Waals surface area contributed by atoms with Crippen LogP contribution in [0.1, 0.15) is 20.3 Å². The first-order chi connectivity index (χ1) is 8.45. The van der Waals surface area contributed by atoms with Crippen LogP contribution in [-0.4, -0.2) is 23.8 Å². The van der Waals surface area contributed by atoms with Crippen LogP contribution in [0, 0.1) is 0 Å². The number of halogens is 1. The third kappa shape index (κ3) is 4.78. The highest BCUT2D eigenvalue weighted by molar-refractivity contribution is 7.80. The summed E-state index contributed by atoms with van der Waals surface area (Å²) in [6.07, 6.45) is 0.839. The molecule has 0 radical (unpaired) electrons. The third-order valence-electron chi connectivity index (χ3n) is 2.35. The lowest BCUT2D eigenvalue weighted by Gasteiger charge is -2.25. The van der Waals surface area contributed by atoms with E-state index in [9.17, 15) is 4.79 Å². The van der Waals surface area contributed by atoms with Crippen molar-refractivity contribution in [3.63, 3.8) is 0 Å². The van der Waals surface area contributed by atoms with Crippen LogP contribution in [0.15, 0.2) is 24.3 Å². The van der Waals surface area contributed by atoms with Crippen LogP contribution in [0.25, 0.3) is 0 Å². The van der Waals surface area contributed by atoms with Gasteiger partial charge in [-0.2, -0.15) is 12.6 Å². The maximum absolute atomic E-state index is 11.9. The first-order valence-corrected chi connectivity index (χ1v) is 6.80. The van der Waals surface area contributed by atoms with Crippen LogP contribution >= 0.6 is 24.2 Å². The minimum atomic E-state index is -0.912. The molecule has 100 valence electrons. The molecule has 0 unspecified atom stereocenters. The van der Waals surface area contributed by atoms with Crippen LogP contribution in [0.4, 0.5) is 0 Å². The van der Waals surface area contributed by atoms with E-state index >= 15 is 0 Å². The summed E-state index contributed by atoms with van der Waals surface area (Å²) in [5.41, 5.74) is -0.912. The standard InChI is InChI=1S/C13H18ClNO2S/c1-13(2,12(16)15-8-3-9-18)17-11-6-4-10(14)5-7-11/h4-7,18H,3,8-9H2,1-2H3,(H,15,16). The maximum Gasteiger partial charge on any atom is 0.263 e. The summed E-state index contributed by atoms with van der Waals surface area (Å²) in [7, 11) is 0. The minimum absolute atomic E-state index is 0.140. The van der Waals surface area contributed by atoms with Crippen LogP contribution < -0.4 is 10.1 Å². The summed E-state index contributed by atoms with van der Waals surface area (Å²) in [4.78, 5) is 11.9. The number of nitrogens with one attached hydrogen (secondary N) is 1. The Bertz CT molecular complexity index is 392. The summed E-state index contributed by atoms with van der Waals surface area (Å²) in [6, 6.07) is 6.94. The van der Waals surface area contributed by atoms with E-state index < -0.39 is 5.60 Å². The number of rotatable bonds is 6. The number of amides is 1. The van der Waals surface area contributed by atoms with Crippen molar-refractivity contribution >= 4 is 30.1 Å². The molecule has 0 fully saturated rings. The number of carbonyl (C=O) groups excluding carboxylic acids is 1. The Kier molecular flexibility index (Phi) is 5.82. The number of carbonyl (C=O) groups is 1. The zero-order valence-electron chi connectivity index (χ0n) is 10.6. The summed E-state index contributed by atoms with van der Waals surface area (Å²) in [6.45, 7) is 4.07. The number of hydrogen-bond acceptors (Lipinski definition) is 3. The molecule has 1 N–H and O–H groups in total. The smallest absolute Gasteiger partial charge is 0.263 e.